The number of nitrogens with one attached hydrogen (secondary N) is 2. The van der Waals surface area contributed by atoms with Crippen molar-refractivity contribution in [3.63, 3.8) is 0 Å². The van der Waals surface area contributed by atoms with Crippen LogP contribution in [0.2, 0.25) is 0 Å². The van der Waals surface area contributed by atoms with Gasteiger partial charge in [-0.15, -0.1) is 0 Å². The highest BCUT2D eigenvalue weighted by atomic mass is 32.2. The summed E-state index contributed by atoms with van der Waals surface area (Å²) in [4.78, 5) is 10.6. The number of aliphatic carboxylic acids is 1. The standard InChI is InChI=1S/C8H18N2O4S/c1-3-7(8(11)12)9-5-6-15(13,14)10-4-2/h7,9-10H,3-6H2,1-2H3,(H,11,12). The molecule has 15 heavy (non-hydrogen) atoms. The summed E-state index contributed by atoms with van der Waals surface area (Å²) < 4.78 is 24.7. The Morgan fingerprint density at radius 1 is 1.40 bits per heavy atom. The van der Waals surface area contributed by atoms with E-state index in [1.807, 2.05) is 0 Å². The van der Waals surface area contributed by atoms with Gasteiger partial charge >= 0.3 is 5.97 Å². The zero-order valence-corrected chi connectivity index (χ0v) is 9.80. The van der Waals surface area contributed by atoms with E-state index in [0.29, 0.717) is 13.0 Å². The smallest absolute Gasteiger partial charge is 0.320 e. The van der Waals surface area contributed by atoms with Crippen LogP contribution in [-0.2, 0) is 14.8 Å². The second-order valence-electron chi connectivity index (χ2n) is 3.07. The van der Waals surface area contributed by atoms with Gasteiger partial charge in [-0.2, -0.15) is 0 Å². The predicted octanol–water partition coefficient (Wildman–Crippen LogP) is -0.621. The average Bonchev–Trinajstić information content (AvgIpc) is 2.11. The van der Waals surface area contributed by atoms with E-state index in [4.69, 9.17) is 5.11 Å². The summed E-state index contributed by atoms with van der Waals surface area (Å²) >= 11 is 0. The lowest BCUT2D eigenvalue weighted by molar-refractivity contribution is -0.139. The topological polar surface area (TPSA) is 95.5 Å². The van der Waals surface area contributed by atoms with Gasteiger partial charge < -0.3 is 10.4 Å². The van der Waals surface area contributed by atoms with E-state index in [0.717, 1.165) is 0 Å². The molecule has 0 aliphatic carbocycles. The molecule has 6 nitrogen and oxygen atoms in total. The first-order chi connectivity index (χ1) is 6.93. The molecule has 0 aliphatic heterocycles. The molecule has 0 fully saturated rings. The van der Waals surface area contributed by atoms with Gasteiger partial charge in [-0.05, 0) is 6.42 Å². The molecule has 3 N–H and O–H groups in total. The van der Waals surface area contributed by atoms with Crippen molar-refractivity contribution >= 4 is 16.0 Å². The fourth-order valence-corrected chi connectivity index (χ4v) is 2.04. The molecule has 90 valence electrons. The molecular formula is C8H18N2O4S. The van der Waals surface area contributed by atoms with Gasteiger partial charge in [-0.3, -0.25) is 4.79 Å². The predicted molar refractivity (Wildman–Crippen MR) is 57.2 cm³/mol. The van der Waals surface area contributed by atoms with Crippen molar-refractivity contribution < 1.29 is 18.3 Å². The third-order valence-corrected chi connectivity index (χ3v) is 3.30. The molecule has 0 saturated carbocycles. The maximum atomic E-state index is 11.2. The molecule has 1 unspecified atom stereocenters. The van der Waals surface area contributed by atoms with Crippen LogP contribution < -0.4 is 10.0 Å². The summed E-state index contributed by atoms with van der Waals surface area (Å²) in [6.07, 6.45) is 0.427. The minimum Gasteiger partial charge on any atom is -0.480 e. The molecule has 0 heterocycles. The van der Waals surface area contributed by atoms with Crippen LogP contribution in [0.4, 0.5) is 0 Å². The van der Waals surface area contributed by atoms with Crippen molar-refractivity contribution in [3.8, 4) is 0 Å². The summed E-state index contributed by atoms with van der Waals surface area (Å²) in [7, 11) is -3.27. The van der Waals surface area contributed by atoms with Gasteiger partial charge in [0, 0.05) is 13.1 Å². The Morgan fingerprint density at radius 2 is 2.00 bits per heavy atom. The SMILES string of the molecule is CCNS(=O)(=O)CCNC(CC)C(=O)O. The third kappa shape index (κ3) is 6.43. The van der Waals surface area contributed by atoms with Gasteiger partial charge in [-0.25, -0.2) is 13.1 Å². The largest absolute Gasteiger partial charge is 0.480 e. The third-order valence-electron chi connectivity index (χ3n) is 1.83. The Hall–Kier alpha value is -0.660. The molecule has 0 rings (SSSR count). The highest BCUT2D eigenvalue weighted by Gasteiger charge is 2.15. The van der Waals surface area contributed by atoms with Crippen LogP contribution in [-0.4, -0.2) is 44.4 Å². The van der Waals surface area contributed by atoms with Crippen molar-refractivity contribution in [2.24, 2.45) is 0 Å². The van der Waals surface area contributed by atoms with Crippen molar-refractivity contribution in [1.82, 2.24) is 10.0 Å². The van der Waals surface area contributed by atoms with Gasteiger partial charge in [0.1, 0.15) is 6.04 Å². The molecule has 0 aromatic rings. The summed E-state index contributed by atoms with van der Waals surface area (Å²) in [6, 6.07) is -0.679. The fraction of sp³-hybridized carbons (Fsp3) is 0.875. The Bertz CT molecular complexity index is 289. The van der Waals surface area contributed by atoms with Crippen LogP contribution >= 0.6 is 0 Å². The minimum atomic E-state index is -3.27. The van der Waals surface area contributed by atoms with Gasteiger partial charge in [0.15, 0.2) is 0 Å². The number of carbonyl (C=O) groups is 1. The molecule has 0 aromatic heterocycles. The van der Waals surface area contributed by atoms with Crippen LogP contribution in [0.15, 0.2) is 0 Å². The number of hydrogen-bond acceptors (Lipinski definition) is 4. The maximum absolute atomic E-state index is 11.2. The minimum absolute atomic E-state index is 0.107. The summed E-state index contributed by atoms with van der Waals surface area (Å²) in [5.41, 5.74) is 0. The molecule has 0 bridgehead atoms. The van der Waals surface area contributed by atoms with E-state index in [1.165, 1.54) is 0 Å². The molecule has 0 radical (unpaired) electrons. The number of sulfonamides is 1. The fourth-order valence-electron chi connectivity index (χ4n) is 1.07. The van der Waals surface area contributed by atoms with Crippen LogP contribution in [0.25, 0.3) is 0 Å². The van der Waals surface area contributed by atoms with Crippen molar-refractivity contribution in [2.75, 3.05) is 18.8 Å². The van der Waals surface area contributed by atoms with Gasteiger partial charge in [0.25, 0.3) is 0 Å². The number of carboxylic acids is 1. The van der Waals surface area contributed by atoms with E-state index in [9.17, 15) is 13.2 Å². The second kappa shape index (κ2) is 6.76. The van der Waals surface area contributed by atoms with Gasteiger partial charge in [-0.1, -0.05) is 13.8 Å². The van der Waals surface area contributed by atoms with E-state index in [2.05, 4.69) is 10.0 Å². The Balaban J connectivity index is 3.92. The lowest BCUT2D eigenvalue weighted by atomic mass is 10.2. The average molecular weight is 238 g/mol. The summed E-state index contributed by atoms with van der Waals surface area (Å²) in [5, 5.41) is 11.3. The molecular weight excluding hydrogens is 220 g/mol. The lowest BCUT2D eigenvalue weighted by Gasteiger charge is -2.11. The highest BCUT2D eigenvalue weighted by Crippen LogP contribution is 1.91. The molecule has 0 amide bonds. The van der Waals surface area contributed by atoms with E-state index < -0.39 is 22.0 Å². The van der Waals surface area contributed by atoms with Crippen LogP contribution in [0.1, 0.15) is 20.3 Å². The summed E-state index contributed by atoms with van der Waals surface area (Å²) in [5.74, 6) is -1.07. The van der Waals surface area contributed by atoms with Gasteiger partial charge in [0.2, 0.25) is 10.0 Å². The quantitative estimate of drug-likeness (QED) is 0.524. The number of carboxylic acid groups (broad SMARTS) is 1. The maximum Gasteiger partial charge on any atom is 0.320 e. The lowest BCUT2D eigenvalue weighted by Crippen LogP contribution is -2.40. The Kier molecular flexibility index (Phi) is 6.46. The van der Waals surface area contributed by atoms with Crippen molar-refractivity contribution in [3.05, 3.63) is 0 Å². The molecule has 7 heteroatoms. The number of hydrogen-bond donors (Lipinski definition) is 3. The molecule has 0 aliphatic rings. The first-order valence-electron chi connectivity index (χ1n) is 4.86. The van der Waals surface area contributed by atoms with Crippen LogP contribution in [0.5, 0.6) is 0 Å². The molecule has 0 saturated heterocycles. The Labute approximate surface area is 90.1 Å². The van der Waals surface area contributed by atoms with Crippen LogP contribution in [0, 0.1) is 0 Å². The highest BCUT2D eigenvalue weighted by molar-refractivity contribution is 7.89. The van der Waals surface area contributed by atoms with E-state index in [1.54, 1.807) is 13.8 Å². The zero-order valence-electron chi connectivity index (χ0n) is 8.99. The first-order valence-corrected chi connectivity index (χ1v) is 6.51. The van der Waals surface area contributed by atoms with Gasteiger partial charge in [0.05, 0.1) is 5.75 Å². The second-order valence-corrected chi connectivity index (χ2v) is 5.00. The molecule has 0 aromatic carbocycles. The first kappa shape index (κ1) is 14.3. The molecule has 1 atom stereocenters. The zero-order chi connectivity index (χ0) is 11.9. The summed E-state index contributed by atoms with van der Waals surface area (Å²) in [6.45, 7) is 3.90. The normalized spacial score (nSPS) is 13.7. The monoisotopic (exact) mass is 238 g/mol. The Morgan fingerprint density at radius 3 is 2.40 bits per heavy atom. The number of rotatable bonds is 8. The molecule has 0 spiro atoms. The van der Waals surface area contributed by atoms with Crippen molar-refractivity contribution in [1.29, 1.82) is 0 Å². The van der Waals surface area contributed by atoms with E-state index in [-0.39, 0.29) is 12.3 Å². The van der Waals surface area contributed by atoms with Crippen molar-refractivity contribution in [2.45, 2.75) is 26.3 Å². The van der Waals surface area contributed by atoms with Crippen LogP contribution in [0.3, 0.4) is 0 Å². The van der Waals surface area contributed by atoms with E-state index >= 15 is 0 Å².